The predicted molar refractivity (Wildman–Crippen MR) is 118 cm³/mol. The van der Waals surface area contributed by atoms with Gasteiger partial charge in [-0.05, 0) is 44.5 Å². The van der Waals surface area contributed by atoms with Gasteiger partial charge in [-0.1, -0.05) is 71.6 Å². The van der Waals surface area contributed by atoms with Crippen LogP contribution in [0, 0.1) is 5.92 Å². The van der Waals surface area contributed by atoms with Crippen LogP contribution in [-0.2, 0) is 0 Å². The Kier molecular flexibility index (Phi) is 16.0. The maximum Gasteiger partial charge on any atom is 0.0577 e. The van der Waals surface area contributed by atoms with Crippen molar-refractivity contribution >= 4 is 35.3 Å². The van der Waals surface area contributed by atoms with Crippen LogP contribution in [-0.4, -0.2) is 28.1 Å². The third kappa shape index (κ3) is 14.0. The minimum Gasteiger partial charge on any atom is -0.162 e. The first-order chi connectivity index (χ1) is 11.0. The van der Waals surface area contributed by atoms with E-state index in [0.29, 0.717) is 4.08 Å². The van der Waals surface area contributed by atoms with Crippen LogP contribution >= 0.6 is 35.3 Å². The lowest BCUT2D eigenvalue weighted by Crippen LogP contribution is -2.13. The normalized spacial score (nSPS) is 14.9. The van der Waals surface area contributed by atoms with Gasteiger partial charge in [-0.15, -0.1) is 23.5 Å². The molecule has 140 valence electrons. The van der Waals surface area contributed by atoms with Gasteiger partial charge in [-0.25, -0.2) is 0 Å². The lowest BCUT2D eigenvalue weighted by molar-refractivity contribution is 0.437. The molecule has 2 atom stereocenters. The van der Waals surface area contributed by atoms with E-state index in [2.05, 4.69) is 39.5 Å². The van der Waals surface area contributed by atoms with Gasteiger partial charge < -0.3 is 0 Å². The molecule has 0 nitrogen and oxygen atoms in total. The first-order valence-corrected chi connectivity index (χ1v) is 13.3. The molecule has 2 unspecified atom stereocenters. The van der Waals surface area contributed by atoms with Gasteiger partial charge in [0.1, 0.15) is 0 Å². The first kappa shape index (κ1) is 24.1. The SMILES string of the molecule is CSC(C)CCCC(C)CCCCCCCCC(C)(SC)SC. The maximum atomic E-state index is 2.45. The topological polar surface area (TPSA) is 0 Å². The van der Waals surface area contributed by atoms with Gasteiger partial charge in [0.25, 0.3) is 0 Å². The predicted octanol–water partition coefficient (Wildman–Crippen LogP) is 8.11. The zero-order chi connectivity index (χ0) is 17.6. The molecule has 0 aliphatic carbocycles. The molecule has 0 saturated carbocycles. The molecular weight excluding hydrogens is 336 g/mol. The molecule has 0 saturated heterocycles. The molecular formula is C20H42S3. The molecule has 0 spiro atoms. The van der Waals surface area contributed by atoms with Gasteiger partial charge in [0.2, 0.25) is 0 Å². The molecule has 0 aromatic heterocycles. The second-order valence-corrected chi connectivity index (χ2v) is 11.4. The highest BCUT2D eigenvalue weighted by molar-refractivity contribution is 8.17. The Balaban J connectivity index is 3.39. The number of hydrogen-bond acceptors (Lipinski definition) is 3. The number of rotatable bonds is 16. The summed E-state index contributed by atoms with van der Waals surface area (Å²) in [7, 11) is 0. The fourth-order valence-electron chi connectivity index (χ4n) is 2.95. The van der Waals surface area contributed by atoms with E-state index < -0.39 is 0 Å². The molecule has 0 bridgehead atoms. The van der Waals surface area contributed by atoms with Gasteiger partial charge in [-0.3, -0.25) is 0 Å². The zero-order valence-electron chi connectivity index (χ0n) is 16.7. The summed E-state index contributed by atoms with van der Waals surface area (Å²) >= 11 is 6.05. The van der Waals surface area contributed by atoms with Crippen molar-refractivity contribution in [2.45, 2.75) is 101 Å². The maximum absolute atomic E-state index is 2.45. The standard InChI is InChI=1S/C20H42S3/c1-18(15-13-16-19(2)21-4)14-11-9-7-8-10-12-17-20(3,22-5)23-6/h18-19H,7-17H2,1-6H3. The van der Waals surface area contributed by atoms with Crippen molar-refractivity contribution in [3.63, 3.8) is 0 Å². The fraction of sp³-hybridized carbons (Fsp3) is 1.00. The van der Waals surface area contributed by atoms with Crippen molar-refractivity contribution in [1.29, 1.82) is 0 Å². The average molecular weight is 379 g/mol. The monoisotopic (exact) mass is 378 g/mol. The van der Waals surface area contributed by atoms with Crippen LogP contribution in [0.25, 0.3) is 0 Å². The van der Waals surface area contributed by atoms with E-state index in [1.165, 1.54) is 70.6 Å². The second-order valence-electron chi connectivity index (χ2n) is 7.28. The van der Waals surface area contributed by atoms with Crippen molar-refractivity contribution in [2.75, 3.05) is 18.8 Å². The second kappa shape index (κ2) is 15.3. The van der Waals surface area contributed by atoms with Crippen LogP contribution in [0.3, 0.4) is 0 Å². The Morgan fingerprint density at radius 3 is 1.78 bits per heavy atom. The van der Waals surface area contributed by atoms with Crippen LogP contribution in [0.15, 0.2) is 0 Å². The van der Waals surface area contributed by atoms with E-state index >= 15 is 0 Å². The highest BCUT2D eigenvalue weighted by Gasteiger charge is 2.20. The lowest BCUT2D eigenvalue weighted by atomic mass is 9.96. The van der Waals surface area contributed by atoms with Gasteiger partial charge in [0, 0.05) is 5.25 Å². The number of thioether (sulfide) groups is 3. The van der Waals surface area contributed by atoms with E-state index in [0.717, 1.165) is 11.2 Å². The van der Waals surface area contributed by atoms with Crippen molar-refractivity contribution in [1.82, 2.24) is 0 Å². The molecule has 3 heteroatoms. The van der Waals surface area contributed by atoms with Crippen molar-refractivity contribution in [3.8, 4) is 0 Å². The summed E-state index contributed by atoms with van der Waals surface area (Å²) in [5.74, 6) is 0.938. The summed E-state index contributed by atoms with van der Waals surface area (Å²) in [5.41, 5.74) is 0. The molecule has 0 rings (SSSR count). The van der Waals surface area contributed by atoms with Crippen molar-refractivity contribution in [3.05, 3.63) is 0 Å². The molecule has 0 aliphatic heterocycles. The summed E-state index contributed by atoms with van der Waals surface area (Å²) in [6, 6.07) is 0. The van der Waals surface area contributed by atoms with E-state index in [4.69, 9.17) is 0 Å². The molecule has 0 aliphatic rings. The summed E-state index contributed by atoms with van der Waals surface area (Å²) < 4.78 is 0.448. The van der Waals surface area contributed by atoms with E-state index in [9.17, 15) is 0 Å². The summed E-state index contributed by atoms with van der Waals surface area (Å²) in [5, 5.41) is 0.848. The summed E-state index contributed by atoms with van der Waals surface area (Å²) in [6.07, 6.45) is 22.4. The van der Waals surface area contributed by atoms with E-state index in [-0.39, 0.29) is 0 Å². The molecule has 0 fully saturated rings. The van der Waals surface area contributed by atoms with Crippen LogP contribution < -0.4 is 0 Å². The lowest BCUT2D eigenvalue weighted by Gasteiger charge is -2.24. The Hall–Kier alpha value is 1.05. The third-order valence-corrected chi connectivity index (χ3v) is 9.33. The van der Waals surface area contributed by atoms with Crippen LogP contribution in [0.2, 0.25) is 0 Å². The third-order valence-electron chi connectivity index (χ3n) is 5.15. The van der Waals surface area contributed by atoms with E-state index in [1.807, 2.05) is 35.3 Å². The van der Waals surface area contributed by atoms with Gasteiger partial charge in [0.05, 0.1) is 4.08 Å². The van der Waals surface area contributed by atoms with Crippen molar-refractivity contribution < 1.29 is 0 Å². The van der Waals surface area contributed by atoms with Crippen molar-refractivity contribution in [2.24, 2.45) is 5.92 Å². The highest BCUT2D eigenvalue weighted by Crippen LogP contribution is 2.38. The smallest absolute Gasteiger partial charge is 0.0577 e. The van der Waals surface area contributed by atoms with E-state index in [1.54, 1.807) is 0 Å². The Morgan fingerprint density at radius 1 is 0.696 bits per heavy atom. The number of hydrogen-bond donors (Lipinski definition) is 0. The Bertz CT molecular complexity index is 251. The zero-order valence-corrected chi connectivity index (χ0v) is 19.1. The minimum atomic E-state index is 0.448. The Labute approximate surface area is 160 Å². The summed E-state index contributed by atoms with van der Waals surface area (Å²) in [4.78, 5) is 0. The molecule has 0 N–H and O–H groups in total. The average Bonchev–Trinajstić information content (AvgIpc) is 2.56. The van der Waals surface area contributed by atoms with Gasteiger partial charge in [-0.2, -0.15) is 11.8 Å². The van der Waals surface area contributed by atoms with Crippen LogP contribution in [0.1, 0.15) is 91.4 Å². The summed E-state index contributed by atoms with van der Waals surface area (Å²) in [6.45, 7) is 7.20. The number of unbranched alkanes of at least 4 members (excludes halogenated alkanes) is 5. The largest absolute Gasteiger partial charge is 0.162 e. The molecule has 0 radical (unpaired) electrons. The molecule has 0 heterocycles. The quantitative estimate of drug-likeness (QED) is 0.197. The van der Waals surface area contributed by atoms with Gasteiger partial charge >= 0.3 is 0 Å². The van der Waals surface area contributed by atoms with Gasteiger partial charge in [0.15, 0.2) is 0 Å². The molecule has 0 aromatic carbocycles. The van der Waals surface area contributed by atoms with Crippen LogP contribution in [0.4, 0.5) is 0 Å². The Morgan fingerprint density at radius 2 is 1.22 bits per heavy atom. The molecule has 0 amide bonds. The molecule has 0 aromatic rings. The first-order valence-electron chi connectivity index (χ1n) is 9.60. The van der Waals surface area contributed by atoms with Crippen LogP contribution in [0.5, 0.6) is 0 Å². The highest BCUT2D eigenvalue weighted by atomic mass is 32.2. The fourth-order valence-corrected chi connectivity index (χ4v) is 4.72. The molecule has 23 heavy (non-hydrogen) atoms. The minimum absolute atomic E-state index is 0.448.